The third-order valence-electron chi connectivity index (χ3n) is 6.12. The van der Waals surface area contributed by atoms with Gasteiger partial charge in [0.05, 0.1) is 12.1 Å². The molecule has 2 aromatic carbocycles. The molecule has 1 amide bonds. The Balaban J connectivity index is 1.81. The van der Waals surface area contributed by atoms with Crippen LogP contribution in [0, 0.1) is 12.8 Å². The largest absolute Gasteiger partial charge is 0.484 e. The molecule has 2 aromatic rings. The summed E-state index contributed by atoms with van der Waals surface area (Å²) in [6.45, 7) is 4.79. The standard InChI is InChI=1S/C24H29N3O2/c1-16-6-4-8-18(12-16)19-9-10-21-20(13-19)22(28)27(3)23(25)26-15-24(29-21)11-5-7-17(2)14-24/h4,6,8-10,12-13,17H,5,7,11,14-15H2,1-3H3,(H2,25,26). The number of guanidine groups is 1. The van der Waals surface area contributed by atoms with Gasteiger partial charge in [-0.3, -0.25) is 9.69 Å². The van der Waals surface area contributed by atoms with Crippen LogP contribution in [0.5, 0.6) is 5.75 Å². The van der Waals surface area contributed by atoms with Crippen LogP contribution in [0.2, 0.25) is 0 Å². The minimum absolute atomic E-state index is 0.198. The third kappa shape index (κ3) is 3.86. The van der Waals surface area contributed by atoms with Gasteiger partial charge in [-0.15, -0.1) is 0 Å². The smallest absolute Gasteiger partial charge is 0.264 e. The maximum Gasteiger partial charge on any atom is 0.264 e. The summed E-state index contributed by atoms with van der Waals surface area (Å²) in [7, 11) is 1.67. The van der Waals surface area contributed by atoms with Crippen molar-refractivity contribution in [2.45, 2.75) is 45.1 Å². The van der Waals surface area contributed by atoms with Gasteiger partial charge in [-0.25, -0.2) is 4.99 Å². The Labute approximate surface area is 172 Å². The highest BCUT2D eigenvalue weighted by atomic mass is 16.5. The molecule has 0 aromatic heterocycles. The monoisotopic (exact) mass is 391 g/mol. The van der Waals surface area contributed by atoms with Gasteiger partial charge in [-0.1, -0.05) is 49.2 Å². The summed E-state index contributed by atoms with van der Waals surface area (Å²) >= 11 is 0. The van der Waals surface area contributed by atoms with Crippen LogP contribution in [-0.2, 0) is 0 Å². The van der Waals surface area contributed by atoms with Crippen LogP contribution in [0.4, 0.5) is 0 Å². The van der Waals surface area contributed by atoms with E-state index < -0.39 is 5.60 Å². The predicted molar refractivity (Wildman–Crippen MR) is 116 cm³/mol. The van der Waals surface area contributed by atoms with Crippen LogP contribution in [0.15, 0.2) is 47.5 Å². The van der Waals surface area contributed by atoms with Crippen LogP contribution < -0.4 is 10.5 Å². The minimum Gasteiger partial charge on any atom is -0.484 e. The van der Waals surface area contributed by atoms with E-state index in [2.05, 4.69) is 37.0 Å². The molecule has 0 radical (unpaired) electrons. The van der Waals surface area contributed by atoms with Crippen molar-refractivity contribution in [3.05, 3.63) is 53.6 Å². The van der Waals surface area contributed by atoms with Gasteiger partial charge in [-0.2, -0.15) is 0 Å². The van der Waals surface area contributed by atoms with Gasteiger partial charge in [0.15, 0.2) is 5.96 Å². The Morgan fingerprint density at radius 2 is 2.00 bits per heavy atom. The molecule has 5 nitrogen and oxygen atoms in total. The highest BCUT2D eigenvalue weighted by Crippen LogP contribution is 2.39. The molecule has 29 heavy (non-hydrogen) atoms. The molecule has 1 fully saturated rings. The van der Waals surface area contributed by atoms with E-state index in [9.17, 15) is 4.79 Å². The Bertz CT molecular complexity index is 968. The molecule has 152 valence electrons. The summed E-state index contributed by atoms with van der Waals surface area (Å²) in [6, 6.07) is 14.1. The number of nitrogens with zero attached hydrogens (tertiary/aromatic N) is 2. The zero-order valence-corrected chi connectivity index (χ0v) is 17.4. The predicted octanol–water partition coefficient (Wildman–Crippen LogP) is 4.39. The average Bonchev–Trinajstić information content (AvgIpc) is 2.73. The molecular weight excluding hydrogens is 362 g/mol. The van der Waals surface area contributed by atoms with E-state index in [1.165, 1.54) is 16.9 Å². The Morgan fingerprint density at radius 3 is 2.76 bits per heavy atom. The number of amides is 1. The second kappa shape index (κ2) is 7.54. The van der Waals surface area contributed by atoms with Crippen molar-refractivity contribution in [1.82, 2.24) is 4.90 Å². The number of carbonyl (C=O) groups excluding carboxylic acids is 1. The van der Waals surface area contributed by atoms with Crippen molar-refractivity contribution in [3.63, 3.8) is 0 Å². The first-order valence-corrected chi connectivity index (χ1v) is 10.3. The lowest BCUT2D eigenvalue weighted by Crippen LogP contribution is -2.44. The molecule has 2 unspecified atom stereocenters. The second-order valence-electron chi connectivity index (χ2n) is 8.61. The molecule has 1 saturated carbocycles. The Kier molecular flexibility index (Phi) is 5.07. The number of fused-ring (bicyclic) bond motifs is 1. The normalized spacial score (nSPS) is 24.8. The molecule has 0 bridgehead atoms. The number of carbonyl (C=O) groups is 1. The first-order chi connectivity index (χ1) is 13.9. The van der Waals surface area contributed by atoms with E-state index in [-0.39, 0.29) is 11.9 Å². The quantitative estimate of drug-likeness (QED) is 0.784. The first kappa shape index (κ1) is 19.5. The van der Waals surface area contributed by atoms with Crippen LogP contribution in [0.25, 0.3) is 11.1 Å². The highest BCUT2D eigenvalue weighted by molar-refractivity contribution is 6.07. The number of nitrogens with two attached hydrogens (primary N) is 1. The molecule has 1 spiro atoms. The van der Waals surface area contributed by atoms with Crippen LogP contribution in [0.1, 0.15) is 48.5 Å². The molecule has 1 aliphatic carbocycles. The highest BCUT2D eigenvalue weighted by Gasteiger charge is 2.39. The number of hydrogen-bond acceptors (Lipinski definition) is 4. The number of aryl methyl sites for hydroxylation is 1. The third-order valence-corrected chi connectivity index (χ3v) is 6.12. The van der Waals surface area contributed by atoms with Crippen molar-refractivity contribution in [1.29, 1.82) is 0 Å². The number of aliphatic imine (C=N–C) groups is 1. The maximum atomic E-state index is 13.2. The summed E-state index contributed by atoms with van der Waals surface area (Å²) < 4.78 is 6.59. The second-order valence-corrected chi connectivity index (χ2v) is 8.61. The summed E-state index contributed by atoms with van der Waals surface area (Å²) in [5.74, 6) is 1.23. The van der Waals surface area contributed by atoms with Gasteiger partial charge in [0.1, 0.15) is 11.4 Å². The van der Waals surface area contributed by atoms with E-state index in [0.29, 0.717) is 23.8 Å². The number of ether oxygens (including phenoxy) is 1. The zero-order valence-electron chi connectivity index (χ0n) is 17.4. The van der Waals surface area contributed by atoms with Gasteiger partial charge in [0, 0.05) is 7.05 Å². The fourth-order valence-corrected chi connectivity index (χ4v) is 4.52. The number of hydrogen-bond donors (Lipinski definition) is 1. The Morgan fingerprint density at radius 1 is 1.21 bits per heavy atom. The van der Waals surface area contributed by atoms with Crippen molar-refractivity contribution < 1.29 is 9.53 Å². The van der Waals surface area contributed by atoms with E-state index in [0.717, 1.165) is 30.4 Å². The SMILES string of the molecule is Cc1cccc(-c2ccc3c(c2)C(=O)N(C)C(N)=NCC2(CCCC(C)C2)O3)c1. The van der Waals surface area contributed by atoms with Gasteiger partial charge in [-0.05, 0) is 55.4 Å². The molecule has 1 heterocycles. The Hall–Kier alpha value is -2.82. The fraction of sp³-hybridized carbons (Fsp3) is 0.417. The minimum atomic E-state index is -0.409. The van der Waals surface area contributed by atoms with E-state index >= 15 is 0 Å². The topological polar surface area (TPSA) is 67.9 Å². The summed E-state index contributed by atoms with van der Waals surface area (Å²) in [5, 5.41) is 0. The maximum absolute atomic E-state index is 13.2. The van der Waals surface area contributed by atoms with Gasteiger partial charge < -0.3 is 10.5 Å². The molecule has 0 saturated heterocycles. The number of benzene rings is 2. The molecule has 4 rings (SSSR count). The van der Waals surface area contributed by atoms with E-state index in [4.69, 9.17) is 10.5 Å². The van der Waals surface area contributed by atoms with Crippen LogP contribution in [-0.4, -0.2) is 36.0 Å². The van der Waals surface area contributed by atoms with Crippen LogP contribution >= 0.6 is 0 Å². The molecule has 5 heteroatoms. The molecule has 1 aliphatic heterocycles. The first-order valence-electron chi connectivity index (χ1n) is 10.3. The lowest BCUT2D eigenvalue weighted by Gasteiger charge is -2.39. The molecule has 2 atom stereocenters. The zero-order chi connectivity index (χ0) is 20.6. The number of rotatable bonds is 1. The lowest BCUT2D eigenvalue weighted by molar-refractivity contribution is 0.0201. The van der Waals surface area contributed by atoms with Crippen molar-refractivity contribution in [3.8, 4) is 16.9 Å². The van der Waals surface area contributed by atoms with Gasteiger partial charge >= 0.3 is 0 Å². The molecule has 2 aliphatic rings. The van der Waals surface area contributed by atoms with Crippen molar-refractivity contribution in [2.75, 3.05) is 13.6 Å². The van der Waals surface area contributed by atoms with Gasteiger partial charge in [0.25, 0.3) is 5.91 Å². The average molecular weight is 392 g/mol. The summed E-state index contributed by atoms with van der Waals surface area (Å²) in [6.07, 6.45) is 4.13. The van der Waals surface area contributed by atoms with E-state index in [1.807, 2.05) is 24.3 Å². The van der Waals surface area contributed by atoms with Gasteiger partial charge in [0.2, 0.25) is 0 Å². The molecule has 2 N–H and O–H groups in total. The fourth-order valence-electron chi connectivity index (χ4n) is 4.52. The summed E-state index contributed by atoms with van der Waals surface area (Å²) in [5.41, 5.74) is 9.52. The van der Waals surface area contributed by atoms with Crippen molar-refractivity contribution in [2.24, 2.45) is 16.6 Å². The molecular formula is C24H29N3O2. The van der Waals surface area contributed by atoms with Crippen molar-refractivity contribution >= 4 is 11.9 Å². The van der Waals surface area contributed by atoms with E-state index in [1.54, 1.807) is 7.05 Å². The summed E-state index contributed by atoms with van der Waals surface area (Å²) in [4.78, 5) is 19.2. The van der Waals surface area contributed by atoms with Crippen LogP contribution in [0.3, 0.4) is 0 Å². The lowest BCUT2D eigenvalue weighted by atomic mass is 9.78.